The number of benzene rings is 3. The summed E-state index contributed by atoms with van der Waals surface area (Å²) in [5, 5.41) is 2.05. The van der Waals surface area contributed by atoms with Gasteiger partial charge in [-0.1, -0.05) is 42.5 Å². The van der Waals surface area contributed by atoms with Gasteiger partial charge in [-0.25, -0.2) is 9.37 Å². The van der Waals surface area contributed by atoms with Crippen LogP contribution < -0.4 is 5.73 Å². The van der Waals surface area contributed by atoms with Crippen molar-refractivity contribution in [2.75, 3.05) is 5.73 Å². The molecule has 130 valence electrons. The van der Waals surface area contributed by atoms with E-state index in [4.69, 9.17) is 5.73 Å². The highest BCUT2D eigenvalue weighted by Gasteiger charge is 2.17. The Morgan fingerprint density at radius 1 is 0.852 bits per heavy atom. The number of pyridine rings is 1. The lowest BCUT2D eigenvalue weighted by atomic mass is 9.93. The van der Waals surface area contributed by atoms with Gasteiger partial charge >= 0.3 is 0 Å². The van der Waals surface area contributed by atoms with Crippen LogP contribution in [0, 0.1) is 5.82 Å². The summed E-state index contributed by atoms with van der Waals surface area (Å²) in [7, 11) is 0. The van der Waals surface area contributed by atoms with Crippen molar-refractivity contribution in [3.8, 4) is 22.3 Å². The second kappa shape index (κ2) is 5.95. The van der Waals surface area contributed by atoms with Gasteiger partial charge in [-0.3, -0.25) is 0 Å². The second-order valence-electron chi connectivity index (χ2n) is 6.57. The largest absolute Gasteiger partial charge is 0.399 e. The number of nitrogen functional groups attached to an aromatic ring is 1. The Labute approximate surface area is 155 Å². The number of nitrogens with two attached hydrogens (primary N) is 1. The third kappa shape index (κ3) is 2.54. The molecule has 0 bridgehead atoms. The van der Waals surface area contributed by atoms with Crippen molar-refractivity contribution in [1.29, 1.82) is 0 Å². The summed E-state index contributed by atoms with van der Waals surface area (Å²) in [6, 6.07) is 22.5. The van der Waals surface area contributed by atoms with Crippen molar-refractivity contribution in [3.63, 3.8) is 0 Å². The van der Waals surface area contributed by atoms with Gasteiger partial charge in [0.2, 0.25) is 0 Å². The molecule has 2 heterocycles. The standard InChI is InChI=1S/C23H16FN3/c24-16-8-6-14(7-9-16)19-13-26-23-22(21(19)15-4-2-1-3-5-15)18-12-17(25)10-11-20(18)27-23/h1-13H,25H2,(H,26,27). The zero-order valence-corrected chi connectivity index (χ0v) is 14.4. The smallest absolute Gasteiger partial charge is 0.138 e. The number of hydrogen-bond donors (Lipinski definition) is 2. The predicted octanol–water partition coefficient (Wildman–Crippen LogP) is 5.77. The first-order valence-corrected chi connectivity index (χ1v) is 8.72. The number of fused-ring (bicyclic) bond motifs is 3. The average molecular weight is 353 g/mol. The summed E-state index contributed by atoms with van der Waals surface area (Å²) in [6.07, 6.45) is 1.84. The van der Waals surface area contributed by atoms with Crippen molar-refractivity contribution < 1.29 is 4.39 Å². The molecule has 2 aromatic heterocycles. The number of nitrogens with zero attached hydrogens (tertiary/aromatic N) is 1. The van der Waals surface area contributed by atoms with Gasteiger partial charge in [-0.15, -0.1) is 0 Å². The molecule has 0 spiro atoms. The van der Waals surface area contributed by atoms with Crippen LogP contribution in [0.5, 0.6) is 0 Å². The normalized spacial score (nSPS) is 11.3. The zero-order valence-electron chi connectivity index (χ0n) is 14.4. The molecule has 0 aliphatic carbocycles. The van der Waals surface area contributed by atoms with Crippen LogP contribution in [0.1, 0.15) is 0 Å². The fraction of sp³-hybridized carbons (Fsp3) is 0. The highest BCUT2D eigenvalue weighted by atomic mass is 19.1. The van der Waals surface area contributed by atoms with Crippen LogP contribution in [0.15, 0.2) is 79.0 Å². The van der Waals surface area contributed by atoms with Gasteiger partial charge in [0, 0.05) is 39.3 Å². The number of rotatable bonds is 2. The molecular formula is C23H16FN3. The van der Waals surface area contributed by atoms with E-state index in [-0.39, 0.29) is 5.82 Å². The maximum atomic E-state index is 13.4. The van der Waals surface area contributed by atoms with Crippen LogP contribution in [0.3, 0.4) is 0 Å². The molecule has 0 unspecified atom stereocenters. The fourth-order valence-corrected chi connectivity index (χ4v) is 3.63. The molecule has 4 heteroatoms. The van der Waals surface area contributed by atoms with E-state index >= 15 is 0 Å². The number of H-pyrrole nitrogens is 1. The lowest BCUT2D eigenvalue weighted by Gasteiger charge is -2.12. The Bertz CT molecular complexity index is 1270. The Morgan fingerprint density at radius 2 is 1.63 bits per heavy atom. The average Bonchev–Trinajstić information content (AvgIpc) is 3.06. The van der Waals surface area contributed by atoms with Crippen molar-refractivity contribution in [2.45, 2.75) is 0 Å². The molecule has 3 N–H and O–H groups in total. The van der Waals surface area contributed by atoms with Crippen LogP contribution in [0.2, 0.25) is 0 Å². The highest BCUT2D eigenvalue weighted by Crippen LogP contribution is 2.40. The molecule has 0 saturated carbocycles. The van der Waals surface area contributed by atoms with E-state index in [9.17, 15) is 4.39 Å². The number of halogens is 1. The zero-order chi connectivity index (χ0) is 18.4. The molecule has 5 rings (SSSR count). The first kappa shape index (κ1) is 15.6. The minimum Gasteiger partial charge on any atom is -0.399 e. The predicted molar refractivity (Wildman–Crippen MR) is 109 cm³/mol. The molecule has 27 heavy (non-hydrogen) atoms. The fourth-order valence-electron chi connectivity index (χ4n) is 3.63. The molecule has 0 aliphatic rings. The summed E-state index contributed by atoms with van der Waals surface area (Å²) >= 11 is 0. The molecule has 0 aliphatic heterocycles. The van der Waals surface area contributed by atoms with Crippen molar-refractivity contribution in [3.05, 3.63) is 84.8 Å². The molecule has 0 saturated heterocycles. The molecule has 0 fully saturated rings. The molecule has 0 amide bonds. The van der Waals surface area contributed by atoms with E-state index in [1.807, 2.05) is 42.6 Å². The number of hydrogen-bond acceptors (Lipinski definition) is 2. The van der Waals surface area contributed by atoms with Crippen molar-refractivity contribution in [1.82, 2.24) is 9.97 Å². The van der Waals surface area contributed by atoms with Gasteiger partial charge < -0.3 is 10.7 Å². The third-order valence-electron chi connectivity index (χ3n) is 4.86. The van der Waals surface area contributed by atoms with Crippen LogP contribution in [0.4, 0.5) is 10.1 Å². The number of aromatic amines is 1. The van der Waals surface area contributed by atoms with E-state index < -0.39 is 0 Å². The maximum Gasteiger partial charge on any atom is 0.138 e. The summed E-state index contributed by atoms with van der Waals surface area (Å²) < 4.78 is 13.4. The van der Waals surface area contributed by atoms with Gasteiger partial charge in [0.15, 0.2) is 0 Å². The van der Waals surface area contributed by atoms with Gasteiger partial charge in [0.1, 0.15) is 11.5 Å². The van der Waals surface area contributed by atoms with Crippen LogP contribution in [0.25, 0.3) is 44.2 Å². The first-order chi connectivity index (χ1) is 13.2. The van der Waals surface area contributed by atoms with E-state index in [0.29, 0.717) is 5.69 Å². The van der Waals surface area contributed by atoms with Crippen LogP contribution >= 0.6 is 0 Å². The van der Waals surface area contributed by atoms with E-state index in [2.05, 4.69) is 22.1 Å². The summed E-state index contributed by atoms with van der Waals surface area (Å²) in [6.45, 7) is 0. The maximum absolute atomic E-state index is 13.4. The van der Waals surface area contributed by atoms with E-state index in [1.54, 1.807) is 12.1 Å². The Kier molecular flexibility index (Phi) is 3.44. The molecule has 0 radical (unpaired) electrons. The number of aromatic nitrogens is 2. The Morgan fingerprint density at radius 3 is 2.41 bits per heavy atom. The summed E-state index contributed by atoms with van der Waals surface area (Å²) in [4.78, 5) is 8.02. The van der Waals surface area contributed by atoms with E-state index in [1.165, 1.54) is 12.1 Å². The van der Waals surface area contributed by atoms with Crippen molar-refractivity contribution in [2.24, 2.45) is 0 Å². The molecule has 3 nitrogen and oxygen atoms in total. The van der Waals surface area contributed by atoms with Gasteiger partial charge in [-0.05, 0) is 41.5 Å². The molecule has 3 aromatic carbocycles. The monoisotopic (exact) mass is 353 g/mol. The minimum absolute atomic E-state index is 0.256. The molecule has 0 atom stereocenters. The number of nitrogens with one attached hydrogen (secondary N) is 1. The third-order valence-corrected chi connectivity index (χ3v) is 4.86. The van der Waals surface area contributed by atoms with Crippen molar-refractivity contribution >= 4 is 27.6 Å². The topological polar surface area (TPSA) is 54.7 Å². The summed E-state index contributed by atoms with van der Waals surface area (Å²) in [5.74, 6) is -0.256. The van der Waals surface area contributed by atoms with Gasteiger partial charge in [0.25, 0.3) is 0 Å². The molecule has 5 aromatic rings. The van der Waals surface area contributed by atoms with Crippen LogP contribution in [-0.4, -0.2) is 9.97 Å². The van der Waals surface area contributed by atoms with Crippen LogP contribution in [-0.2, 0) is 0 Å². The molecular weight excluding hydrogens is 337 g/mol. The quantitative estimate of drug-likeness (QED) is 0.396. The Balaban J connectivity index is 1.94. The highest BCUT2D eigenvalue weighted by molar-refractivity contribution is 6.16. The lowest BCUT2D eigenvalue weighted by molar-refractivity contribution is 0.628. The Hall–Kier alpha value is -3.66. The minimum atomic E-state index is -0.256. The van der Waals surface area contributed by atoms with Gasteiger partial charge in [-0.2, -0.15) is 0 Å². The SMILES string of the molecule is Nc1ccc2[nH]c3ncc(-c4ccc(F)cc4)c(-c4ccccc4)c3c2c1. The summed E-state index contributed by atoms with van der Waals surface area (Å²) in [5.41, 5.74) is 12.6. The lowest BCUT2D eigenvalue weighted by Crippen LogP contribution is -1.90. The number of anilines is 1. The van der Waals surface area contributed by atoms with Gasteiger partial charge in [0.05, 0.1) is 0 Å². The van der Waals surface area contributed by atoms with E-state index in [0.717, 1.165) is 44.2 Å². The first-order valence-electron chi connectivity index (χ1n) is 8.72. The second-order valence-corrected chi connectivity index (χ2v) is 6.57.